The topological polar surface area (TPSA) is 50.4 Å². The van der Waals surface area contributed by atoms with Crippen LogP contribution in [0.25, 0.3) is 0 Å². The standard InChI is InChI=1S/C10H20F2N2O2/c1-9(2,3)16-8(15)14-7(6-13-5)10(4,11)12/h7,13H,6H2,1-5H3,(H,14,15). The lowest BCUT2D eigenvalue weighted by molar-refractivity contribution is -0.0232. The smallest absolute Gasteiger partial charge is 0.408 e. The number of hydrogen-bond donors (Lipinski definition) is 2. The van der Waals surface area contributed by atoms with Crippen molar-refractivity contribution in [3.63, 3.8) is 0 Å². The van der Waals surface area contributed by atoms with Crippen molar-refractivity contribution in [1.29, 1.82) is 0 Å². The molecule has 6 heteroatoms. The molecule has 0 bridgehead atoms. The highest BCUT2D eigenvalue weighted by Crippen LogP contribution is 2.17. The van der Waals surface area contributed by atoms with Crippen LogP contribution >= 0.6 is 0 Å². The van der Waals surface area contributed by atoms with Crippen LogP contribution in [0.1, 0.15) is 27.7 Å². The van der Waals surface area contributed by atoms with E-state index in [2.05, 4.69) is 10.6 Å². The second-order valence-electron chi connectivity index (χ2n) is 4.71. The Bertz CT molecular complexity index is 234. The van der Waals surface area contributed by atoms with Crippen LogP contribution in [-0.4, -0.2) is 37.3 Å². The number of halogens is 2. The van der Waals surface area contributed by atoms with Gasteiger partial charge in [-0.3, -0.25) is 0 Å². The van der Waals surface area contributed by atoms with E-state index in [4.69, 9.17) is 4.74 Å². The van der Waals surface area contributed by atoms with Gasteiger partial charge >= 0.3 is 6.09 Å². The van der Waals surface area contributed by atoms with Crippen LogP contribution in [0.15, 0.2) is 0 Å². The molecule has 1 amide bonds. The van der Waals surface area contributed by atoms with Crippen molar-refractivity contribution in [2.75, 3.05) is 13.6 Å². The van der Waals surface area contributed by atoms with Gasteiger partial charge in [0.1, 0.15) is 11.6 Å². The lowest BCUT2D eigenvalue weighted by Crippen LogP contribution is -2.52. The highest BCUT2D eigenvalue weighted by Gasteiger charge is 2.35. The number of hydrogen-bond acceptors (Lipinski definition) is 3. The van der Waals surface area contributed by atoms with E-state index in [1.165, 1.54) is 7.05 Å². The zero-order valence-electron chi connectivity index (χ0n) is 10.4. The van der Waals surface area contributed by atoms with Crippen molar-refractivity contribution in [3.8, 4) is 0 Å². The predicted molar refractivity (Wildman–Crippen MR) is 57.7 cm³/mol. The van der Waals surface area contributed by atoms with Gasteiger partial charge in [0.25, 0.3) is 5.92 Å². The first-order chi connectivity index (χ1) is 7.06. The summed E-state index contributed by atoms with van der Waals surface area (Å²) >= 11 is 0. The highest BCUT2D eigenvalue weighted by atomic mass is 19.3. The lowest BCUT2D eigenvalue weighted by atomic mass is 10.1. The minimum absolute atomic E-state index is 0.0251. The molecule has 4 nitrogen and oxygen atoms in total. The summed E-state index contributed by atoms with van der Waals surface area (Å²) in [5.41, 5.74) is -0.697. The fraction of sp³-hybridized carbons (Fsp3) is 0.900. The van der Waals surface area contributed by atoms with E-state index >= 15 is 0 Å². The number of carbonyl (C=O) groups is 1. The van der Waals surface area contributed by atoms with Gasteiger partial charge < -0.3 is 15.4 Å². The number of likely N-dealkylation sites (N-methyl/N-ethyl adjacent to an activating group) is 1. The van der Waals surface area contributed by atoms with Gasteiger partial charge in [-0.15, -0.1) is 0 Å². The predicted octanol–water partition coefficient (Wildman–Crippen LogP) is 1.75. The van der Waals surface area contributed by atoms with Crippen LogP contribution in [0.2, 0.25) is 0 Å². The Morgan fingerprint density at radius 2 is 1.81 bits per heavy atom. The van der Waals surface area contributed by atoms with Gasteiger partial charge in [-0.2, -0.15) is 0 Å². The zero-order chi connectivity index (χ0) is 13.0. The molecule has 0 aromatic carbocycles. The minimum atomic E-state index is -3.00. The molecule has 0 aliphatic carbocycles. The van der Waals surface area contributed by atoms with Gasteiger partial charge in [-0.25, -0.2) is 13.6 Å². The fourth-order valence-corrected chi connectivity index (χ4v) is 1.01. The van der Waals surface area contributed by atoms with E-state index in [9.17, 15) is 13.6 Å². The number of alkyl carbamates (subject to hydrolysis) is 1. The maximum Gasteiger partial charge on any atom is 0.408 e. The number of rotatable bonds is 4. The molecule has 0 fully saturated rings. The maximum absolute atomic E-state index is 13.1. The van der Waals surface area contributed by atoms with Gasteiger partial charge in [0.2, 0.25) is 0 Å². The molecule has 96 valence electrons. The van der Waals surface area contributed by atoms with Gasteiger partial charge in [0.15, 0.2) is 0 Å². The van der Waals surface area contributed by atoms with Crippen LogP contribution in [0.5, 0.6) is 0 Å². The monoisotopic (exact) mass is 238 g/mol. The summed E-state index contributed by atoms with van der Waals surface area (Å²) in [6.07, 6.45) is -0.839. The van der Waals surface area contributed by atoms with Crippen molar-refractivity contribution in [3.05, 3.63) is 0 Å². The van der Waals surface area contributed by atoms with Gasteiger partial charge in [-0.05, 0) is 27.8 Å². The summed E-state index contributed by atoms with van der Waals surface area (Å²) in [6.45, 7) is 5.74. The second-order valence-corrected chi connectivity index (χ2v) is 4.71. The van der Waals surface area contributed by atoms with Crippen molar-refractivity contribution in [2.24, 2.45) is 0 Å². The Kier molecular flexibility index (Phi) is 5.12. The molecule has 1 unspecified atom stereocenters. The molecule has 0 rings (SSSR count). The van der Waals surface area contributed by atoms with Gasteiger partial charge in [0.05, 0.1) is 0 Å². The summed E-state index contributed by atoms with van der Waals surface area (Å²) < 4.78 is 31.0. The van der Waals surface area contributed by atoms with E-state index in [-0.39, 0.29) is 6.54 Å². The van der Waals surface area contributed by atoms with Crippen molar-refractivity contribution in [1.82, 2.24) is 10.6 Å². The first-order valence-electron chi connectivity index (χ1n) is 5.08. The molecule has 0 saturated carbocycles. The molecule has 0 aromatic heterocycles. The third kappa shape index (κ3) is 6.55. The Morgan fingerprint density at radius 1 is 1.31 bits per heavy atom. The first kappa shape index (κ1) is 15.1. The number of ether oxygens (including phenoxy) is 1. The first-order valence-corrected chi connectivity index (χ1v) is 5.08. The molecule has 1 atom stereocenters. The maximum atomic E-state index is 13.1. The summed E-state index contributed by atoms with van der Waals surface area (Å²) in [4.78, 5) is 11.3. The number of amides is 1. The third-order valence-electron chi connectivity index (χ3n) is 1.71. The van der Waals surface area contributed by atoms with Crippen LogP contribution < -0.4 is 10.6 Å². The number of alkyl halides is 2. The Labute approximate surface area is 94.7 Å². The van der Waals surface area contributed by atoms with Crippen LogP contribution in [0.3, 0.4) is 0 Å². The largest absolute Gasteiger partial charge is 0.444 e. The molecule has 2 N–H and O–H groups in total. The highest BCUT2D eigenvalue weighted by molar-refractivity contribution is 5.68. The van der Waals surface area contributed by atoms with Crippen LogP contribution in [0, 0.1) is 0 Å². The SMILES string of the molecule is CNCC(NC(=O)OC(C)(C)C)C(C)(F)F. The normalized spacial score (nSPS) is 14.4. The van der Waals surface area contributed by atoms with Crippen molar-refractivity contribution < 1.29 is 18.3 Å². The van der Waals surface area contributed by atoms with Crippen LogP contribution in [0.4, 0.5) is 13.6 Å². The zero-order valence-corrected chi connectivity index (χ0v) is 10.4. The van der Waals surface area contributed by atoms with E-state index in [0.29, 0.717) is 0 Å². The van der Waals surface area contributed by atoms with E-state index in [1.54, 1.807) is 20.8 Å². The van der Waals surface area contributed by atoms with Gasteiger partial charge in [0, 0.05) is 13.5 Å². The molecule has 0 heterocycles. The molecular formula is C10H20F2N2O2. The molecule has 0 aromatic rings. The van der Waals surface area contributed by atoms with E-state index in [1.807, 2.05) is 0 Å². The molecule has 0 aliphatic heterocycles. The quantitative estimate of drug-likeness (QED) is 0.784. The Hall–Kier alpha value is -0.910. The average molecular weight is 238 g/mol. The van der Waals surface area contributed by atoms with E-state index in [0.717, 1.165) is 6.92 Å². The minimum Gasteiger partial charge on any atom is -0.444 e. The summed E-state index contributed by atoms with van der Waals surface area (Å²) in [7, 11) is 1.54. The van der Waals surface area contributed by atoms with Crippen molar-refractivity contribution in [2.45, 2.75) is 45.3 Å². The fourth-order valence-electron chi connectivity index (χ4n) is 1.01. The molecule has 0 radical (unpaired) electrons. The Morgan fingerprint density at radius 3 is 2.12 bits per heavy atom. The summed E-state index contributed by atoms with van der Waals surface area (Å²) in [5.74, 6) is -3.00. The molecular weight excluding hydrogens is 218 g/mol. The van der Waals surface area contributed by atoms with Crippen LogP contribution in [-0.2, 0) is 4.74 Å². The number of nitrogens with one attached hydrogen (secondary N) is 2. The second kappa shape index (κ2) is 5.43. The molecule has 16 heavy (non-hydrogen) atoms. The van der Waals surface area contributed by atoms with Gasteiger partial charge in [-0.1, -0.05) is 0 Å². The summed E-state index contributed by atoms with van der Waals surface area (Å²) in [5, 5.41) is 4.73. The number of carbonyl (C=O) groups excluding carboxylic acids is 1. The molecule has 0 saturated heterocycles. The van der Waals surface area contributed by atoms with E-state index < -0.39 is 23.7 Å². The average Bonchev–Trinajstić information content (AvgIpc) is 1.97. The molecule has 0 spiro atoms. The lowest BCUT2D eigenvalue weighted by Gasteiger charge is -2.26. The molecule has 0 aliphatic rings. The summed E-state index contributed by atoms with van der Waals surface area (Å²) in [6, 6.07) is -1.28. The van der Waals surface area contributed by atoms with Crippen molar-refractivity contribution >= 4 is 6.09 Å². The third-order valence-corrected chi connectivity index (χ3v) is 1.71. The Balaban J connectivity index is 4.36.